The number of hydrogen-bond acceptors (Lipinski definition) is 2. The molecule has 1 aromatic carbocycles. The largest absolute Gasteiger partial charge is 0.477 e. The highest BCUT2D eigenvalue weighted by atomic mass is 35.5. The van der Waals surface area contributed by atoms with E-state index in [0.717, 1.165) is 5.56 Å². The average Bonchev–Trinajstić information content (AvgIpc) is 2.38. The van der Waals surface area contributed by atoms with Crippen LogP contribution in [-0.4, -0.2) is 15.6 Å². The predicted octanol–water partition coefficient (Wildman–Crippen LogP) is 3.21. The molecule has 0 radical (unpaired) electrons. The van der Waals surface area contributed by atoms with Crippen molar-refractivity contribution in [3.05, 3.63) is 67.6 Å². The molecule has 1 aromatic heterocycles. The summed E-state index contributed by atoms with van der Waals surface area (Å²) in [6.45, 7) is 1.98. The lowest BCUT2D eigenvalue weighted by molar-refractivity contribution is 0.0694. The summed E-state index contributed by atoms with van der Waals surface area (Å²) in [6.07, 6.45) is 0. The van der Waals surface area contributed by atoms with Gasteiger partial charge in [-0.2, -0.15) is 0 Å². The third kappa shape index (κ3) is 2.86. The summed E-state index contributed by atoms with van der Waals surface area (Å²) >= 11 is 11.8. The maximum Gasteiger partial charge on any atom is 0.341 e. The van der Waals surface area contributed by atoms with E-state index in [-0.39, 0.29) is 12.1 Å². The topological polar surface area (TPSA) is 59.3 Å². The molecule has 0 saturated heterocycles. The monoisotopic (exact) mass is 311 g/mol. The van der Waals surface area contributed by atoms with Gasteiger partial charge in [-0.25, -0.2) is 4.79 Å². The number of aromatic nitrogens is 1. The van der Waals surface area contributed by atoms with Gasteiger partial charge >= 0.3 is 5.97 Å². The first-order chi connectivity index (χ1) is 9.40. The SMILES string of the molecule is Cc1ccc(C(=O)O)c(=O)n1Cc1ccc(Cl)c(Cl)c1. The van der Waals surface area contributed by atoms with Crippen molar-refractivity contribution in [2.24, 2.45) is 0 Å². The zero-order valence-electron chi connectivity index (χ0n) is 10.6. The Morgan fingerprint density at radius 2 is 1.90 bits per heavy atom. The average molecular weight is 312 g/mol. The molecule has 104 valence electrons. The quantitative estimate of drug-likeness (QED) is 0.947. The van der Waals surface area contributed by atoms with Crippen molar-refractivity contribution in [3.63, 3.8) is 0 Å². The third-order valence-electron chi connectivity index (χ3n) is 2.95. The summed E-state index contributed by atoms with van der Waals surface area (Å²) in [5.41, 5.74) is 0.650. The number of halogens is 2. The van der Waals surface area contributed by atoms with Crippen molar-refractivity contribution in [2.45, 2.75) is 13.5 Å². The lowest BCUT2D eigenvalue weighted by atomic mass is 10.2. The molecule has 2 rings (SSSR count). The van der Waals surface area contributed by atoms with Crippen molar-refractivity contribution in [1.29, 1.82) is 0 Å². The van der Waals surface area contributed by atoms with Gasteiger partial charge in [0, 0.05) is 5.69 Å². The summed E-state index contributed by atoms with van der Waals surface area (Å²) in [7, 11) is 0. The van der Waals surface area contributed by atoms with Gasteiger partial charge in [-0.3, -0.25) is 4.79 Å². The van der Waals surface area contributed by atoms with Crippen LogP contribution in [0.5, 0.6) is 0 Å². The number of nitrogens with zero attached hydrogens (tertiary/aromatic N) is 1. The fourth-order valence-electron chi connectivity index (χ4n) is 1.85. The molecule has 0 aliphatic rings. The molecule has 0 unspecified atom stereocenters. The Morgan fingerprint density at radius 3 is 2.50 bits per heavy atom. The minimum absolute atomic E-state index is 0.239. The van der Waals surface area contributed by atoms with Crippen LogP contribution in [0, 0.1) is 6.92 Å². The van der Waals surface area contributed by atoms with Crippen LogP contribution in [0.2, 0.25) is 10.0 Å². The first-order valence-corrected chi connectivity index (χ1v) is 6.53. The summed E-state index contributed by atoms with van der Waals surface area (Å²) in [4.78, 5) is 23.1. The van der Waals surface area contributed by atoms with Gasteiger partial charge in [0.05, 0.1) is 16.6 Å². The van der Waals surface area contributed by atoms with Crippen LogP contribution in [0.25, 0.3) is 0 Å². The van der Waals surface area contributed by atoms with Crippen LogP contribution in [0.4, 0.5) is 0 Å². The predicted molar refractivity (Wildman–Crippen MR) is 78.0 cm³/mol. The molecular weight excluding hydrogens is 301 g/mol. The minimum atomic E-state index is -1.24. The van der Waals surface area contributed by atoms with Crippen molar-refractivity contribution in [3.8, 4) is 0 Å². The van der Waals surface area contributed by atoms with E-state index in [4.69, 9.17) is 28.3 Å². The molecule has 0 fully saturated rings. The molecule has 1 N–H and O–H groups in total. The van der Waals surface area contributed by atoms with Gasteiger partial charge in [0.25, 0.3) is 5.56 Å². The first-order valence-electron chi connectivity index (χ1n) is 5.78. The number of benzene rings is 1. The van der Waals surface area contributed by atoms with E-state index in [9.17, 15) is 9.59 Å². The molecule has 0 atom stereocenters. The number of carbonyl (C=O) groups is 1. The van der Waals surface area contributed by atoms with Crippen LogP contribution in [0.1, 0.15) is 21.6 Å². The Hall–Kier alpha value is -1.78. The smallest absolute Gasteiger partial charge is 0.341 e. The standard InChI is InChI=1S/C14H11Cl2NO3/c1-8-2-4-10(14(19)20)13(18)17(8)7-9-3-5-11(15)12(16)6-9/h2-6H,7H2,1H3,(H,19,20). The van der Waals surface area contributed by atoms with Crippen LogP contribution in [0.3, 0.4) is 0 Å². The normalized spacial score (nSPS) is 10.6. The summed E-state index contributed by atoms with van der Waals surface area (Å²) in [5, 5.41) is 9.80. The fraction of sp³-hybridized carbons (Fsp3) is 0.143. The van der Waals surface area contributed by atoms with Crippen molar-refractivity contribution >= 4 is 29.2 Å². The molecule has 0 aliphatic heterocycles. The fourth-order valence-corrected chi connectivity index (χ4v) is 2.17. The lowest BCUT2D eigenvalue weighted by Gasteiger charge is -2.11. The van der Waals surface area contributed by atoms with Gasteiger partial charge in [0.1, 0.15) is 5.56 Å². The zero-order valence-corrected chi connectivity index (χ0v) is 12.1. The zero-order chi connectivity index (χ0) is 14.9. The van der Waals surface area contributed by atoms with Gasteiger partial charge in [-0.15, -0.1) is 0 Å². The molecule has 0 bridgehead atoms. The Morgan fingerprint density at radius 1 is 1.20 bits per heavy atom. The van der Waals surface area contributed by atoms with Crippen LogP contribution in [-0.2, 0) is 6.54 Å². The third-order valence-corrected chi connectivity index (χ3v) is 3.69. The van der Waals surface area contributed by atoms with Crippen LogP contribution < -0.4 is 5.56 Å². The molecule has 0 spiro atoms. The number of hydrogen-bond donors (Lipinski definition) is 1. The summed E-state index contributed by atoms with van der Waals surface area (Å²) in [5.74, 6) is -1.24. The number of pyridine rings is 1. The van der Waals surface area contributed by atoms with E-state index >= 15 is 0 Å². The van der Waals surface area contributed by atoms with Gasteiger partial charge in [0.2, 0.25) is 0 Å². The molecule has 0 amide bonds. The minimum Gasteiger partial charge on any atom is -0.477 e. The second-order valence-corrected chi connectivity index (χ2v) is 5.15. The van der Waals surface area contributed by atoms with Crippen LogP contribution >= 0.6 is 23.2 Å². The van der Waals surface area contributed by atoms with E-state index in [1.54, 1.807) is 31.2 Å². The Kier molecular flexibility index (Phi) is 4.16. The van der Waals surface area contributed by atoms with E-state index in [2.05, 4.69) is 0 Å². The summed E-state index contributed by atoms with van der Waals surface area (Å²) < 4.78 is 1.39. The second kappa shape index (κ2) is 5.69. The van der Waals surface area contributed by atoms with Gasteiger partial charge in [-0.05, 0) is 36.8 Å². The number of carboxylic acids is 1. The molecule has 4 nitrogen and oxygen atoms in total. The van der Waals surface area contributed by atoms with Crippen molar-refractivity contribution < 1.29 is 9.90 Å². The van der Waals surface area contributed by atoms with E-state index in [1.165, 1.54) is 10.6 Å². The highest BCUT2D eigenvalue weighted by Crippen LogP contribution is 2.23. The lowest BCUT2D eigenvalue weighted by Crippen LogP contribution is -2.28. The molecular formula is C14H11Cl2NO3. The number of carboxylic acid groups (broad SMARTS) is 1. The van der Waals surface area contributed by atoms with E-state index < -0.39 is 11.5 Å². The Balaban J connectivity index is 2.48. The Bertz CT molecular complexity index is 738. The van der Waals surface area contributed by atoms with E-state index in [0.29, 0.717) is 15.7 Å². The highest BCUT2D eigenvalue weighted by Gasteiger charge is 2.12. The number of aryl methyl sites for hydroxylation is 1. The van der Waals surface area contributed by atoms with Gasteiger partial charge < -0.3 is 9.67 Å². The maximum atomic E-state index is 12.1. The van der Waals surface area contributed by atoms with E-state index in [1.807, 2.05) is 0 Å². The summed E-state index contributed by atoms with van der Waals surface area (Å²) in [6, 6.07) is 7.95. The van der Waals surface area contributed by atoms with Crippen molar-refractivity contribution in [1.82, 2.24) is 4.57 Å². The first kappa shape index (κ1) is 14.6. The maximum absolute atomic E-state index is 12.1. The molecule has 2 aromatic rings. The number of rotatable bonds is 3. The molecule has 6 heteroatoms. The highest BCUT2D eigenvalue weighted by molar-refractivity contribution is 6.42. The van der Waals surface area contributed by atoms with Crippen LogP contribution in [0.15, 0.2) is 35.1 Å². The second-order valence-electron chi connectivity index (χ2n) is 4.33. The molecule has 1 heterocycles. The van der Waals surface area contributed by atoms with Gasteiger partial charge in [-0.1, -0.05) is 29.3 Å². The van der Waals surface area contributed by atoms with Crippen molar-refractivity contribution in [2.75, 3.05) is 0 Å². The Labute approximate surface area is 125 Å². The molecule has 20 heavy (non-hydrogen) atoms. The molecule has 0 saturated carbocycles. The molecule has 0 aliphatic carbocycles. The van der Waals surface area contributed by atoms with Gasteiger partial charge in [0.15, 0.2) is 0 Å². The number of aromatic carboxylic acids is 1.